The number of aromatic nitrogens is 2. The maximum absolute atomic E-state index is 11.3. The molecule has 0 spiro atoms. The van der Waals surface area contributed by atoms with Crippen LogP contribution in [0.5, 0.6) is 0 Å². The lowest BCUT2D eigenvalue weighted by Crippen LogP contribution is -2.43. The van der Waals surface area contributed by atoms with Gasteiger partial charge in [-0.3, -0.25) is 4.79 Å². The molecule has 0 bridgehead atoms. The molecule has 0 aliphatic heterocycles. The lowest BCUT2D eigenvalue weighted by Gasteiger charge is -2.24. The van der Waals surface area contributed by atoms with Gasteiger partial charge in [-0.15, -0.1) is 0 Å². The Kier molecular flexibility index (Phi) is 7.62. The van der Waals surface area contributed by atoms with Gasteiger partial charge in [-0.1, -0.05) is 0 Å². The lowest BCUT2D eigenvalue weighted by atomic mass is 10.4. The summed E-state index contributed by atoms with van der Waals surface area (Å²) in [6.45, 7) is 2.39. The maximum Gasteiger partial charge on any atom is 0.500 e. The number of aryl methyl sites for hydroxylation is 1. The number of nitrogens with one attached hydrogen (secondary N) is 3. The number of hydrogen-bond donors (Lipinski definition) is 3. The highest BCUT2D eigenvalue weighted by Gasteiger charge is 2.36. The highest BCUT2D eigenvalue weighted by Crippen LogP contribution is 2.14. The molecule has 0 amide bonds. The minimum atomic E-state index is -2.54. The molecular formula is C12H22N4O4SSi. The van der Waals surface area contributed by atoms with Crippen LogP contribution >= 0.6 is 12.2 Å². The van der Waals surface area contributed by atoms with Crippen LogP contribution in [-0.2, 0) is 13.3 Å². The average molecular weight is 346 g/mol. The number of aromatic amines is 1. The summed E-state index contributed by atoms with van der Waals surface area (Å²) in [6, 6.07) is 2.08. The topological polar surface area (TPSA) is 97.5 Å². The van der Waals surface area contributed by atoms with Crippen molar-refractivity contribution >= 4 is 32.1 Å². The Balaban J connectivity index is 2.39. The van der Waals surface area contributed by atoms with Crippen molar-refractivity contribution in [2.24, 2.45) is 0 Å². The van der Waals surface area contributed by atoms with E-state index in [1.165, 1.54) is 6.07 Å². The van der Waals surface area contributed by atoms with Crippen LogP contribution in [0.4, 0.5) is 5.95 Å². The largest absolute Gasteiger partial charge is 0.500 e. The van der Waals surface area contributed by atoms with Crippen LogP contribution in [0, 0.1) is 6.92 Å². The summed E-state index contributed by atoms with van der Waals surface area (Å²) in [5.74, 6) is 0.317. The van der Waals surface area contributed by atoms with E-state index in [0.717, 1.165) is 6.42 Å². The van der Waals surface area contributed by atoms with Crippen LogP contribution < -0.4 is 16.2 Å². The molecule has 1 aromatic rings. The summed E-state index contributed by atoms with van der Waals surface area (Å²) in [5, 5.41) is 6.25. The molecular weight excluding hydrogens is 324 g/mol. The molecule has 0 aliphatic rings. The van der Waals surface area contributed by atoms with Crippen molar-refractivity contribution in [1.82, 2.24) is 15.3 Å². The van der Waals surface area contributed by atoms with Gasteiger partial charge in [0.05, 0.1) is 0 Å². The number of anilines is 1. The number of rotatable bonds is 8. The number of hydrogen-bond acceptors (Lipinski definition) is 6. The second-order valence-electron chi connectivity index (χ2n) is 4.53. The minimum absolute atomic E-state index is 0.317. The van der Waals surface area contributed by atoms with Gasteiger partial charge in [0.2, 0.25) is 5.95 Å². The van der Waals surface area contributed by atoms with Crippen LogP contribution in [-0.4, -0.2) is 51.8 Å². The van der Waals surface area contributed by atoms with E-state index in [2.05, 4.69) is 20.6 Å². The molecule has 1 aromatic heterocycles. The first-order valence-electron chi connectivity index (χ1n) is 6.73. The highest BCUT2D eigenvalue weighted by molar-refractivity contribution is 7.80. The van der Waals surface area contributed by atoms with Crippen LogP contribution in [0.3, 0.4) is 0 Å². The molecule has 8 nitrogen and oxygen atoms in total. The summed E-state index contributed by atoms with van der Waals surface area (Å²) >= 11 is 5.15. The van der Waals surface area contributed by atoms with E-state index in [0.29, 0.717) is 29.3 Å². The zero-order valence-corrected chi connectivity index (χ0v) is 15.0. The molecule has 0 aromatic carbocycles. The van der Waals surface area contributed by atoms with Gasteiger partial charge in [0, 0.05) is 45.7 Å². The SMILES string of the molecule is CO[Si](CCCNC(=S)Nc1nc(=O)cc(C)[nH]1)(OC)OC. The number of thiocarbonyl (C=S) groups is 1. The standard InChI is InChI=1S/C12H22N4O4SSi/c1-9-8-10(17)15-11(14-9)16-12(21)13-6-5-7-22(18-2,19-3)20-4/h8H,5-7H2,1-4H3,(H3,13,14,15,16,17,21). The monoisotopic (exact) mass is 346 g/mol. The Labute approximate surface area is 136 Å². The van der Waals surface area contributed by atoms with Crippen molar-refractivity contribution < 1.29 is 13.3 Å². The Morgan fingerprint density at radius 2 is 2.00 bits per heavy atom. The van der Waals surface area contributed by atoms with Gasteiger partial charge in [-0.2, -0.15) is 4.98 Å². The molecule has 0 saturated carbocycles. The van der Waals surface area contributed by atoms with Gasteiger partial charge < -0.3 is 28.9 Å². The smallest absolute Gasteiger partial charge is 0.377 e. The second-order valence-corrected chi connectivity index (χ2v) is 8.03. The van der Waals surface area contributed by atoms with E-state index in [9.17, 15) is 4.79 Å². The predicted molar refractivity (Wildman–Crippen MR) is 90.0 cm³/mol. The molecule has 1 rings (SSSR count). The first-order valence-corrected chi connectivity index (χ1v) is 9.07. The summed E-state index contributed by atoms with van der Waals surface area (Å²) in [4.78, 5) is 18.0. The van der Waals surface area contributed by atoms with E-state index in [-0.39, 0.29) is 5.56 Å². The maximum atomic E-state index is 11.3. The molecule has 0 radical (unpaired) electrons. The minimum Gasteiger partial charge on any atom is -0.377 e. The molecule has 1 heterocycles. The van der Waals surface area contributed by atoms with Crippen molar-refractivity contribution in [3.63, 3.8) is 0 Å². The Morgan fingerprint density at radius 3 is 2.55 bits per heavy atom. The summed E-state index contributed by atoms with van der Waals surface area (Å²) in [7, 11) is 2.20. The molecule has 0 saturated heterocycles. The third kappa shape index (κ3) is 5.81. The fourth-order valence-electron chi connectivity index (χ4n) is 1.85. The van der Waals surface area contributed by atoms with Gasteiger partial charge in [-0.05, 0) is 25.6 Å². The summed E-state index contributed by atoms with van der Waals surface area (Å²) in [6.07, 6.45) is 0.765. The molecule has 10 heteroatoms. The molecule has 0 atom stereocenters. The molecule has 22 heavy (non-hydrogen) atoms. The van der Waals surface area contributed by atoms with E-state index in [1.54, 1.807) is 28.3 Å². The van der Waals surface area contributed by atoms with Crippen molar-refractivity contribution in [3.05, 3.63) is 22.1 Å². The van der Waals surface area contributed by atoms with Crippen molar-refractivity contribution in [1.29, 1.82) is 0 Å². The summed E-state index contributed by atoms with van der Waals surface area (Å²) < 4.78 is 16.0. The van der Waals surface area contributed by atoms with E-state index in [4.69, 9.17) is 25.5 Å². The van der Waals surface area contributed by atoms with Crippen LogP contribution in [0.1, 0.15) is 12.1 Å². The van der Waals surface area contributed by atoms with Crippen LogP contribution in [0.2, 0.25) is 6.04 Å². The third-order valence-corrected chi connectivity index (χ3v) is 6.07. The van der Waals surface area contributed by atoms with Crippen molar-refractivity contribution in [2.45, 2.75) is 19.4 Å². The average Bonchev–Trinajstić information content (AvgIpc) is 2.47. The normalized spacial score (nSPS) is 11.3. The van der Waals surface area contributed by atoms with Gasteiger partial charge in [0.25, 0.3) is 5.56 Å². The van der Waals surface area contributed by atoms with E-state index >= 15 is 0 Å². The molecule has 0 fully saturated rings. The van der Waals surface area contributed by atoms with Crippen molar-refractivity contribution in [3.8, 4) is 0 Å². The highest BCUT2D eigenvalue weighted by atomic mass is 32.1. The first kappa shape index (κ1) is 18.7. The van der Waals surface area contributed by atoms with Crippen LogP contribution in [0.25, 0.3) is 0 Å². The molecule has 0 aliphatic carbocycles. The Hall–Kier alpha value is -1.33. The van der Waals surface area contributed by atoms with Crippen molar-refractivity contribution in [2.75, 3.05) is 33.2 Å². The fourth-order valence-corrected chi connectivity index (χ4v) is 3.77. The fraction of sp³-hybridized carbons (Fsp3) is 0.583. The van der Waals surface area contributed by atoms with Gasteiger partial charge >= 0.3 is 8.80 Å². The molecule has 124 valence electrons. The lowest BCUT2D eigenvalue weighted by molar-refractivity contribution is 0.123. The Morgan fingerprint density at radius 1 is 1.36 bits per heavy atom. The molecule has 3 N–H and O–H groups in total. The zero-order valence-electron chi connectivity index (χ0n) is 13.2. The van der Waals surface area contributed by atoms with E-state index in [1.807, 2.05) is 0 Å². The number of H-pyrrole nitrogens is 1. The Bertz CT molecular complexity index is 542. The molecule has 0 unspecified atom stereocenters. The van der Waals surface area contributed by atoms with Gasteiger partial charge in [0.15, 0.2) is 5.11 Å². The zero-order chi connectivity index (χ0) is 16.6. The summed E-state index contributed by atoms with van der Waals surface area (Å²) in [5.41, 5.74) is 0.388. The predicted octanol–water partition coefficient (Wildman–Crippen LogP) is 0.633. The van der Waals surface area contributed by atoms with Gasteiger partial charge in [0.1, 0.15) is 0 Å². The second kappa shape index (κ2) is 8.95. The first-order chi connectivity index (χ1) is 10.4. The quantitative estimate of drug-likeness (QED) is 0.358. The van der Waals surface area contributed by atoms with Crippen LogP contribution in [0.15, 0.2) is 10.9 Å². The van der Waals surface area contributed by atoms with Gasteiger partial charge in [-0.25, -0.2) is 0 Å². The number of nitrogens with zero attached hydrogens (tertiary/aromatic N) is 1. The van der Waals surface area contributed by atoms with E-state index < -0.39 is 8.80 Å². The third-order valence-electron chi connectivity index (χ3n) is 2.99.